The summed E-state index contributed by atoms with van der Waals surface area (Å²) in [5.74, 6) is 1.14. The van der Waals surface area contributed by atoms with Crippen LogP contribution >= 0.6 is 0 Å². The molecule has 0 saturated carbocycles. The monoisotopic (exact) mass is 398 g/mol. The Labute approximate surface area is 161 Å². The van der Waals surface area contributed by atoms with E-state index in [0.29, 0.717) is 25.5 Å². The van der Waals surface area contributed by atoms with Crippen LogP contribution in [0.5, 0.6) is 5.75 Å². The molecule has 2 atom stereocenters. The van der Waals surface area contributed by atoms with E-state index in [2.05, 4.69) is 19.2 Å². The van der Waals surface area contributed by atoms with Gasteiger partial charge in [-0.25, -0.2) is 13.2 Å². The third-order valence-corrected chi connectivity index (χ3v) is 6.37. The van der Waals surface area contributed by atoms with Crippen LogP contribution in [-0.4, -0.2) is 63.4 Å². The van der Waals surface area contributed by atoms with Crippen molar-refractivity contribution >= 4 is 15.9 Å². The number of nitrogens with zero attached hydrogens (tertiary/aromatic N) is 1. The first-order valence-corrected chi connectivity index (χ1v) is 11.1. The van der Waals surface area contributed by atoms with Crippen molar-refractivity contribution in [3.05, 3.63) is 29.8 Å². The summed E-state index contributed by atoms with van der Waals surface area (Å²) in [6.45, 7) is 6.60. The molecule has 1 aliphatic heterocycles. The van der Waals surface area contributed by atoms with Gasteiger partial charge < -0.3 is 19.7 Å². The molecule has 152 valence electrons. The van der Waals surface area contributed by atoms with Crippen molar-refractivity contribution in [3.63, 3.8) is 0 Å². The maximum atomic E-state index is 12.8. The van der Waals surface area contributed by atoms with E-state index in [1.807, 2.05) is 24.3 Å². The minimum atomic E-state index is -3.08. The second-order valence-corrected chi connectivity index (χ2v) is 9.37. The minimum Gasteiger partial charge on any atom is -0.471 e. The van der Waals surface area contributed by atoms with Gasteiger partial charge in [0.25, 0.3) is 0 Å². The average Bonchev–Trinajstić information content (AvgIpc) is 2.95. The van der Waals surface area contributed by atoms with Crippen LogP contribution < -0.4 is 10.1 Å². The van der Waals surface area contributed by atoms with Gasteiger partial charge >= 0.3 is 6.03 Å². The van der Waals surface area contributed by atoms with E-state index < -0.39 is 16.1 Å². The number of rotatable bonds is 8. The van der Waals surface area contributed by atoms with E-state index >= 15 is 0 Å². The van der Waals surface area contributed by atoms with Crippen molar-refractivity contribution in [1.82, 2.24) is 10.2 Å². The zero-order chi connectivity index (χ0) is 20.0. The molecular formula is C19H30N2O5S. The van der Waals surface area contributed by atoms with Gasteiger partial charge in [-0.15, -0.1) is 0 Å². The van der Waals surface area contributed by atoms with Crippen LogP contribution in [0.2, 0.25) is 0 Å². The van der Waals surface area contributed by atoms with Crippen LogP contribution in [0.4, 0.5) is 4.79 Å². The van der Waals surface area contributed by atoms with E-state index in [4.69, 9.17) is 9.47 Å². The molecule has 1 aliphatic rings. The molecule has 0 radical (unpaired) electrons. The smallest absolute Gasteiger partial charge is 0.320 e. The minimum absolute atomic E-state index is 0.00441. The first-order valence-electron chi connectivity index (χ1n) is 9.25. The molecule has 1 fully saturated rings. The van der Waals surface area contributed by atoms with Crippen molar-refractivity contribution < 1.29 is 22.7 Å². The standard InChI is InChI=1S/C19H30N2O5S/c1-14(2)17-7-5-6-8-18(17)26-15(3)20-19(22)21(10-11-25-4)16-9-12-27(23,24)13-16/h5-8,14-16H,9-13H2,1-4H3,(H,20,22). The van der Waals surface area contributed by atoms with Crippen LogP contribution in [0, 0.1) is 0 Å². The molecule has 27 heavy (non-hydrogen) atoms. The number of methoxy groups -OCH3 is 1. The van der Waals surface area contributed by atoms with Gasteiger partial charge in [-0.2, -0.15) is 0 Å². The average molecular weight is 399 g/mol. The van der Waals surface area contributed by atoms with Gasteiger partial charge in [-0.3, -0.25) is 0 Å². The Hall–Kier alpha value is -1.80. The number of para-hydroxylation sites is 1. The summed E-state index contributed by atoms with van der Waals surface area (Å²) in [5.41, 5.74) is 1.07. The van der Waals surface area contributed by atoms with Crippen molar-refractivity contribution in [2.24, 2.45) is 0 Å². The number of hydrogen-bond donors (Lipinski definition) is 1. The molecule has 1 heterocycles. The maximum absolute atomic E-state index is 12.8. The summed E-state index contributed by atoms with van der Waals surface area (Å²) in [6, 6.07) is 7.05. The Bertz CT molecular complexity index is 735. The Morgan fingerprint density at radius 3 is 2.59 bits per heavy atom. The predicted octanol–water partition coefficient (Wildman–Crippen LogP) is 2.38. The number of ether oxygens (including phenoxy) is 2. The number of benzene rings is 1. The Balaban J connectivity index is 2.03. The second kappa shape index (κ2) is 9.41. The van der Waals surface area contributed by atoms with Gasteiger partial charge in [0.1, 0.15) is 5.75 Å². The largest absolute Gasteiger partial charge is 0.471 e. The third-order valence-electron chi connectivity index (χ3n) is 4.62. The lowest BCUT2D eigenvalue weighted by Gasteiger charge is -2.30. The summed E-state index contributed by atoms with van der Waals surface area (Å²) in [6.07, 6.45) is -0.106. The van der Waals surface area contributed by atoms with E-state index in [1.165, 1.54) is 0 Å². The normalized spacial score (nSPS) is 19.7. The lowest BCUT2D eigenvalue weighted by Crippen LogP contribution is -2.51. The molecule has 2 rings (SSSR count). The maximum Gasteiger partial charge on any atom is 0.320 e. The second-order valence-electron chi connectivity index (χ2n) is 7.15. The van der Waals surface area contributed by atoms with Gasteiger partial charge in [-0.1, -0.05) is 32.0 Å². The molecule has 1 N–H and O–H groups in total. The highest BCUT2D eigenvalue weighted by Gasteiger charge is 2.35. The zero-order valence-corrected chi connectivity index (χ0v) is 17.3. The Morgan fingerprint density at radius 2 is 2.00 bits per heavy atom. The molecule has 2 unspecified atom stereocenters. The van der Waals surface area contributed by atoms with Crippen LogP contribution in [0.1, 0.15) is 38.7 Å². The highest BCUT2D eigenvalue weighted by Crippen LogP contribution is 2.26. The van der Waals surface area contributed by atoms with Crippen LogP contribution in [0.3, 0.4) is 0 Å². The number of urea groups is 1. The first kappa shape index (κ1) is 21.5. The van der Waals surface area contributed by atoms with Crippen LogP contribution in [0.15, 0.2) is 24.3 Å². The molecule has 1 aromatic carbocycles. The first-order chi connectivity index (χ1) is 12.7. The van der Waals surface area contributed by atoms with Gasteiger partial charge in [-0.05, 0) is 30.9 Å². The summed E-state index contributed by atoms with van der Waals surface area (Å²) >= 11 is 0. The summed E-state index contributed by atoms with van der Waals surface area (Å²) in [7, 11) is -1.53. The molecule has 0 spiro atoms. The molecule has 8 heteroatoms. The quantitative estimate of drug-likeness (QED) is 0.680. The summed E-state index contributed by atoms with van der Waals surface area (Å²) in [5, 5.41) is 2.82. The number of nitrogens with one attached hydrogen (secondary N) is 1. The molecule has 0 aliphatic carbocycles. The predicted molar refractivity (Wildman–Crippen MR) is 105 cm³/mol. The van der Waals surface area contributed by atoms with Gasteiger partial charge in [0, 0.05) is 19.7 Å². The molecule has 0 aromatic heterocycles. The van der Waals surface area contributed by atoms with Crippen LogP contribution in [0.25, 0.3) is 0 Å². The fraction of sp³-hybridized carbons (Fsp3) is 0.632. The van der Waals surface area contributed by atoms with Gasteiger partial charge in [0.15, 0.2) is 16.1 Å². The number of amides is 2. The lowest BCUT2D eigenvalue weighted by atomic mass is 10.0. The Morgan fingerprint density at radius 1 is 1.30 bits per heavy atom. The fourth-order valence-corrected chi connectivity index (χ4v) is 4.93. The van der Waals surface area contributed by atoms with Gasteiger partial charge in [0.2, 0.25) is 0 Å². The van der Waals surface area contributed by atoms with E-state index in [1.54, 1.807) is 18.9 Å². The summed E-state index contributed by atoms with van der Waals surface area (Å²) < 4.78 is 34.6. The van der Waals surface area contributed by atoms with Gasteiger partial charge in [0.05, 0.1) is 18.1 Å². The SMILES string of the molecule is COCCN(C(=O)NC(C)Oc1ccccc1C(C)C)C1CCS(=O)(=O)C1. The van der Waals surface area contributed by atoms with Crippen molar-refractivity contribution in [2.75, 3.05) is 31.8 Å². The number of hydrogen-bond acceptors (Lipinski definition) is 5. The topological polar surface area (TPSA) is 84.9 Å². The molecule has 1 saturated heterocycles. The molecule has 2 amide bonds. The zero-order valence-electron chi connectivity index (χ0n) is 16.5. The van der Waals surface area contributed by atoms with Crippen molar-refractivity contribution in [3.8, 4) is 5.75 Å². The summed E-state index contributed by atoms with van der Waals surface area (Å²) in [4.78, 5) is 14.3. The highest BCUT2D eigenvalue weighted by molar-refractivity contribution is 7.91. The third kappa shape index (κ3) is 6.10. The molecular weight excluding hydrogens is 368 g/mol. The number of carbonyl (C=O) groups excluding carboxylic acids is 1. The highest BCUT2D eigenvalue weighted by atomic mass is 32.2. The van der Waals surface area contributed by atoms with E-state index in [9.17, 15) is 13.2 Å². The fourth-order valence-electron chi connectivity index (χ4n) is 3.20. The van der Waals surface area contributed by atoms with E-state index in [0.717, 1.165) is 11.3 Å². The number of sulfone groups is 1. The number of carbonyl (C=O) groups is 1. The van der Waals surface area contributed by atoms with E-state index in [-0.39, 0.29) is 23.6 Å². The Kier molecular flexibility index (Phi) is 7.49. The lowest BCUT2D eigenvalue weighted by molar-refractivity contribution is 0.117. The van der Waals surface area contributed by atoms with Crippen molar-refractivity contribution in [1.29, 1.82) is 0 Å². The van der Waals surface area contributed by atoms with Crippen LogP contribution in [-0.2, 0) is 14.6 Å². The molecule has 1 aromatic rings. The van der Waals surface area contributed by atoms with Crippen molar-refractivity contribution in [2.45, 2.75) is 45.4 Å². The molecule has 7 nitrogen and oxygen atoms in total. The molecule has 0 bridgehead atoms.